The summed E-state index contributed by atoms with van der Waals surface area (Å²) in [6, 6.07) is 18.6. The SMILES string of the molecule is CCc1nc(N(CCC(=O)NC(C)CC)Cc2ccccc2)c2ccccc2n1. The largest absolute Gasteiger partial charge is 0.354 e. The van der Waals surface area contributed by atoms with E-state index in [2.05, 4.69) is 47.2 Å². The summed E-state index contributed by atoms with van der Waals surface area (Å²) in [7, 11) is 0. The number of anilines is 1. The minimum Gasteiger partial charge on any atom is -0.354 e. The number of hydrogen-bond acceptors (Lipinski definition) is 4. The third-order valence-corrected chi connectivity index (χ3v) is 5.09. The van der Waals surface area contributed by atoms with Gasteiger partial charge < -0.3 is 10.2 Å². The first-order chi connectivity index (χ1) is 14.1. The van der Waals surface area contributed by atoms with Crippen molar-refractivity contribution in [1.82, 2.24) is 15.3 Å². The molecule has 3 aromatic rings. The summed E-state index contributed by atoms with van der Waals surface area (Å²) in [5.41, 5.74) is 2.13. The molecule has 0 radical (unpaired) electrons. The van der Waals surface area contributed by atoms with Gasteiger partial charge in [0.2, 0.25) is 5.91 Å². The fraction of sp³-hybridized carbons (Fsp3) is 0.375. The molecule has 0 fully saturated rings. The van der Waals surface area contributed by atoms with E-state index < -0.39 is 0 Å². The van der Waals surface area contributed by atoms with Crippen LogP contribution in [0.2, 0.25) is 0 Å². The van der Waals surface area contributed by atoms with Crippen LogP contribution < -0.4 is 10.2 Å². The average Bonchev–Trinajstić information content (AvgIpc) is 2.76. The lowest BCUT2D eigenvalue weighted by Gasteiger charge is -2.26. The molecule has 0 saturated carbocycles. The van der Waals surface area contributed by atoms with Crippen LogP contribution in [0.5, 0.6) is 0 Å². The lowest BCUT2D eigenvalue weighted by molar-refractivity contribution is -0.121. The van der Waals surface area contributed by atoms with E-state index in [0.29, 0.717) is 19.5 Å². The van der Waals surface area contributed by atoms with E-state index in [1.165, 1.54) is 5.56 Å². The Hall–Kier alpha value is -2.95. The first kappa shape index (κ1) is 20.8. The quantitative estimate of drug-likeness (QED) is 0.584. The minimum atomic E-state index is 0.0755. The number of aromatic nitrogens is 2. The van der Waals surface area contributed by atoms with Crippen LogP contribution in [0.4, 0.5) is 5.82 Å². The van der Waals surface area contributed by atoms with Gasteiger partial charge in [0.05, 0.1) is 5.52 Å². The highest BCUT2D eigenvalue weighted by molar-refractivity contribution is 5.89. The van der Waals surface area contributed by atoms with E-state index in [-0.39, 0.29) is 11.9 Å². The van der Waals surface area contributed by atoms with Crippen molar-refractivity contribution in [2.24, 2.45) is 0 Å². The Balaban J connectivity index is 1.92. The number of aryl methyl sites for hydroxylation is 1. The van der Waals surface area contributed by atoms with E-state index in [9.17, 15) is 4.79 Å². The smallest absolute Gasteiger partial charge is 0.221 e. The van der Waals surface area contributed by atoms with Crippen molar-refractivity contribution in [3.63, 3.8) is 0 Å². The molecule has 1 amide bonds. The normalized spacial score (nSPS) is 12.0. The summed E-state index contributed by atoms with van der Waals surface area (Å²) in [4.78, 5) is 24.1. The lowest BCUT2D eigenvalue weighted by Crippen LogP contribution is -2.35. The average molecular weight is 391 g/mol. The summed E-state index contributed by atoms with van der Waals surface area (Å²) in [5.74, 6) is 1.79. The standard InChI is InChI=1S/C24H30N4O/c1-4-18(3)25-23(29)15-16-28(17-19-11-7-6-8-12-19)24-20-13-9-10-14-21(20)26-22(5-2)27-24/h6-14,18H,4-5,15-17H2,1-3H3,(H,25,29). The van der Waals surface area contributed by atoms with Crippen LogP contribution in [0.3, 0.4) is 0 Å². The molecule has 1 aromatic heterocycles. The number of rotatable bonds is 9. The molecule has 152 valence electrons. The van der Waals surface area contributed by atoms with E-state index in [1.54, 1.807) is 0 Å². The Morgan fingerprint density at radius 1 is 1.03 bits per heavy atom. The fourth-order valence-corrected chi connectivity index (χ4v) is 3.26. The number of benzene rings is 2. The maximum atomic E-state index is 12.4. The van der Waals surface area contributed by atoms with Gasteiger partial charge >= 0.3 is 0 Å². The van der Waals surface area contributed by atoms with Crippen molar-refractivity contribution < 1.29 is 4.79 Å². The predicted octanol–water partition coefficient (Wildman–Crippen LogP) is 4.50. The predicted molar refractivity (Wildman–Crippen MR) is 119 cm³/mol. The molecule has 0 saturated heterocycles. The third-order valence-electron chi connectivity index (χ3n) is 5.09. The van der Waals surface area contributed by atoms with Gasteiger partial charge in [0.1, 0.15) is 11.6 Å². The third kappa shape index (κ3) is 5.53. The van der Waals surface area contributed by atoms with E-state index in [4.69, 9.17) is 4.98 Å². The monoisotopic (exact) mass is 390 g/mol. The summed E-state index contributed by atoms with van der Waals surface area (Å²) in [5, 5.41) is 4.08. The maximum Gasteiger partial charge on any atom is 0.221 e. The second kappa shape index (κ2) is 10.0. The van der Waals surface area contributed by atoms with Gasteiger partial charge in [-0.3, -0.25) is 4.79 Å². The molecule has 29 heavy (non-hydrogen) atoms. The van der Waals surface area contributed by atoms with Gasteiger partial charge in [-0.2, -0.15) is 0 Å². The summed E-state index contributed by atoms with van der Waals surface area (Å²) >= 11 is 0. The highest BCUT2D eigenvalue weighted by Gasteiger charge is 2.16. The van der Waals surface area contributed by atoms with Gasteiger partial charge in [0.25, 0.3) is 0 Å². The second-order valence-corrected chi connectivity index (χ2v) is 7.37. The molecule has 1 atom stereocenters. The van der Waals surface area contributed by atoms with Crippen LogP contribution in [0, 0.1) is 0 Å². The molecule has 0 aliphatic rings. The highest BCUT2D eigenvalue weighted by atomic mass is 16.1. The van der Waals surface area contributed by atoms with Crippen molar-refractivity contribution in [3.8, 4) is 0 Å². The topological polar surface area (TPSA) is 58.1 Å². The lowest BCUT2D eigenvalue weighted by atomic mass is 10.1. The molecule has 1 unspecified atom stereocenters. The Labute approximate surface area is 173 Å². The summed E-state index contributed by atoms with van der Waals surface area (Å²) in [6.07, 6.45) is 2.12. The Kier molecular flexibility index (Phi) is 7.17. The molecule has 0 bridgehead atoms. The number of fused-ring (bicyclic) bond motifs is 1. The van der Waals surface area contributed by atoms with E-state index in [1.807, 2.05) is 43.3 Å². The fourth-order valence-electron chi connectivity index (χ4n) is 3.26. The Morgan fingerprint density at radius 3 is 2.48 bits per heavy atom. The van der Waals surface area contributed by atoms with Crippen LogP contribution in [-0.2, 0) is 17.8 Å². The van der Waals surface area contributed by atoms with Crippen LogP contribution >= 0.6 is 0 Å². The van der Waals surface area contributed by atoms with Crippen molar-refractivity contribution >= 4 is 22.6 Å². The van der Waals surface area contributed by atoms with Crippen LogP contribution in [0.1, 0.15) is 45.0 Å². The van der Waals surface area contributed by atoms with Gasteiger partial charge in [-0.1, -0.05) is 56.3 Å². The zero-order chi connectivity index (χ0) is 20.6. The number of para-hydroxylation sites is 1. The number of nitrogens with one attached hydrogen (secondary N) is 1. The first-order valence-electron chi connectivity index (χ1n) is 10.4. The van der Waals surface area contributed by atoms with E-state index >= 15 is 0 Å². The molecule has 1 heterocycles. The highest BCUT2D eigenvalue weighted by Crippen LogP contribution is 2.26. The Bertz CT molecular complexity index is 942. The number of amides is 1. The summed E-state index contributed by atoms with van der Waals surface area (Å²) < 4.78 is 0. The van der Waals surface area contributed by atoms with Gasteiger partial charge in [-0.05, 0) is 31.0 Å². The number of carbonyl (C=O) groups is 1. The van der Waals surface area contributed by atoms with Crippen molar-refractivity contribution in [1.29, 1.82) is 0 Å². The van der Waals surface area contributed by atoms with Crippen LogP contribution in [0.15, 0.2) is 54.6 Å². The molecule has 0 aliphatic heterocycles. The number of nitrogens with zero attached hydrogens (tertiary/aromatic N) is 3. The summed E-state index contributed by atoms with van der Waals surface area (Å²) in [6.45, 7) is 7.47. The zero-order valence-electron chi connectivity index (χ0n) is 17.6. The van der Waals surface area contributed by atoms with Gasteiger partial charge in [0, 0.05) is 37.4 Å². The van der Waals surface area contributed by atoms with Crippen LogP contribution in [0.25, 0.3) is 10.9 Å². The zero-order valence-corrected chi connectivity index (χ0v) is 17.6. The minimum absolute atomic E-state index is 0.0755. The van der Waals surface area contributed by atoms with Crippen molar-refractivity contribution in [2.45, 2.75) is 52.6 Å². The van der Waals surface area contributed by atoms with Gasteiger partial charge in [0.15, 0.2) is 0 Å². The molecule has 5 nitrogen and oxygen atoms in total. The van der Waals surface area contributed by atoms with Crippen molar-refractivity contribution in [2.75, 3.05) is 11.4 Å². The maximum absolute atomic E-state index is 12.4. The molecule has 0 spiro atoms. The molecule has 0 aliphatic carbocycles. The van der Waals surface area contributed by atoms with Crippen molar-refractivity contribution in [3.05, 3.63) is 66.0 Å². The molecular formula is C24H30N4O. The Morgan fingerprint density at radius 2 is 1.76 bits per heavy atom. The molecule has 5 heteroatoms. The van der Waals surface area contributed by atoms with E-state index in [0.717, 1.165) is 35.4 Å². The second-order valence-electron chi connectivity index (χ2n) is 7.37. The van der Waals surface area contributed by atoms with Gasteiger partial charge in [-0.15, -0.1) is 0 Å². The molecular weight excluding hydrogens is 360 g/mol. The number of carbonyl (C=O) groups excluding carboxylic acids is 1. The number of hydrogen-bond donors (Lipinski definition) is 1. The molecule has 1 N–H and O–H groups in total. The van der Waals surface area contributed by atoms with Gasteiger partial charge in [-0.25, -0.2) is 9.97 Å². The first-order valence-corrected chi connectivity index (χ1v) is 10.4. The molecule has 2 aromatic carbocycles. The van der Waals surface area contributed by atoms with Crippen LogP contribution in [-0.4, -0.2) is 28.5 Å². The molecule has 3 rings (SSSR count).